The van der Waals surface area contributed by atoms with Crippen molar-refractivity contribution in [3.63, 3.8) is 0 Å². The molecule has 1 heterocycles. The van der Waals surface area contributed by atoms with Crippen LogP contribution in [-0.4, -0.2) is 54.7 Å². The van der Waals surface area contributed by atoms with Gasteiger partial charge in [0.05, 0.1) is 11.6 Å². The van der Waals surface area contributed by atoms with Crippen molar-refractivity contribution < 1.29 is 9.53 Å². The van der Waals surface area contributed by atoms with Gasteiger partial charge in [-0.1, -0.05) is 0 Å². The zero-order valence-electron chi connectivity index (χ0n) is 13.6. The Labute approximate surface area is 123 Å². The van der Waals surface area contributed by atoms with E-state index in [1.165, 1.54) is 0 Å². The molecule has 0 aromatic carbocycles. The lowest BCUT2D eigenvalue weighted by Gasteiger charge is -2.32. The lowest BCUT2D eigenvalue weighted by atomic mass is 9.93. The average Bonchev–Trinajstić information content (AvgIpc) is 2.74. The summed E-state index contributed by atoms with van der Waals surface area (Å²) in [7, 11) is 2.13. The predicted molar refractivity (Wildman–Crippen MR) is 81.6 cm³/mol. The molecule has 0 aromatic rings. The molecule has 1 saturated heterocycles. The molecular weight excluding hydrogens is 254 g/mol. The fourth-order valence-corrected chi connectivity index (χ4v) is 3.05. The van der Waals surface area contributed by atoms with Crippen LogP contribution in [0.1, 0.15) is 47.0 Å². The molecule has 5 nitrogen and oxygen atoms in total. The minimum Gasteiger partial charge on any atom is -0.377 e. The summed E-state index contributed by atoms with van der Waals surface area (Å²) in [5.41, 5.74) is 4.93. The molecule has 1 fully saturated rings. The Bertz CT molecular complexity index is 322. The third kappa shape index (κ3) is 4.72. The van der Waals surface area contributed by atoms with Crippen molar-refractivity contribution in [1.29, 1.82) is 0 Å². The van der Waals surface area contributed by atoms with Gasteiger partial charge in [0.25, 0.3) is 0 Å². The zero-order valence-corrected chi connectivity index (χ0v) is 13.6. The first-order valence-electron chi connectivity index (χ1n) is 7.65. The molecule has 3 atom stereocenters. The number of primary amides is 1. The Hall–Kier alpha value is -0.650. The molecule has 118 valence electrons. The van der Waals surface area contributed by atoms with E-state index < -0.39 is 5.54 Å². The van der Waals surface area contributed by atoms with Gasteiger partial charge in [-0.3, -0.25) is 4.79 Å². The zero-order chi connectivity index (χ0) is 15.3. The molecule has 0 radical (unpaired) electrons. The van der Waals surface area contributed by atoms with E-state index in [1.807, 2.05) is 20.8 Å². The standard InChI is InChI=1S/C15H31N3O2/c1-11(2)17-15(4,14(16)19)8-6-9-18(5)13-7-10-20-12(13)3/h11-13,17H,6-10H2,1-5H3,(H2,16,19). The van der Waals surface area contributed by atoms with Crippen LogP contribution in [0.3, 0.4) is 0 Å². The summed E-state index contributed by atoms with van der Waals surface area (Å²) in [6, 6.07) is 0.737. The van der Waals surface area contributed by atoms with Gasteiger partial charge in [0.2, 0.25) is 5.91 Å². The highest BCUT2D eigenvalue weighted by Gasteiger charge is 2.32. The molecule has 0 bridgehead atoms. The smallest absolute Gasteiger partial charge is 0.237 e. The lowest BCUT2D eigenvalue weighted by molar-refractivity contribution is -0.124. The van der Waals surface area contributed by atoms with Crippen LogP contribution >= 0.6 is 0 Å². The molecule has 1 aliphatic heterocycles. The number of carbonyl (C=O) groups excluding carboxylic acids is 1. The Morgan fingerprint density at radius 3 is 2.65 bits per heavy atom. The summed E-state index contributed by atoms with van der Waals surface area (Å²) in [6.07, 6.45) is 3.09. The maximum absolute atomic E-state index is 11.7. The summed E-state index contributed by atoms with van der Waals surface area (Å²) in [5.74, 6) is -0.272. The average molecular weight is 285 g/mol. The lowest BCUT2D eigenvalue weighted by Crippen LogP contribution is -2.55. The van der Waals surface area contributed by atoms with E-state index in [4.69, 9.17) is 10.5 Å². The molecule has 3 N–H and O–H groups in total. The van der Waals surface area contributed by atoms with Crippen molar-refractivity contribution in [2.75, 3.05) is 20.2 Å². The predicted octanol–water partition coefficient (Wildman–Crippen LogP) is 1.12. The largest absolute Gasteiger partial charge is 0.377 e. The maximum atomic E-state index is 11.7. The van der Waals surface area contributed by atoms with Gasteiger partial charge in [-0.05, 0) is 60.5 Å². The van der Waals surface area contributed by atoms with Crippen LogP contribution in [0.15, 0.2) is 0 Å². The second kappa shape index (κ2) is 7.38. The van der Waals surface area contributed by atoms with E-state index in [0.29, 0.717) is 12.1 Å². The first-order valence-corrected chi connectivity index (χ1v) is 7.65. The second-order valence-corrected chi connectivity index (χ2v) is 6.51. The second-order valence-electron chi connectivity index (χ2n) is 6.51. The molecule has 3 unspecified atom stereocenters. The molecule has 0 spiro atoms. The molecule has 1 aliphatic rings. The molecule has 5 heteroatoms. The van der Waals surface area contributed by atoms with Crippen LogP contribution in [0.5, 0.6) is 0 Å². The van der Waals surface area contributed by atoms with Gasteiger partial charge in [0, 0.05) is 18.7 Å². The molecular formula is C15H31N3O2. The fraction of sp³-hybridized carbons (Fsp3) is 0.933. The summed E-state index contributed by atoms with van der Waals surface area (Å²) in [5, 5.41) is 3.29. The fourth-order valence-electron chi connectivity index (χ4n) is 3.05. The van der Waals surface area contributed by atoms with Crippen LogP contribution in [-0.2, 0) is 9.53 Å². The summed E-state index contributed by atoms with van der Waals surface area (Å²) in [6.45, 7) is 9.90. The molecule has 1 amide bonds. The van der Waals surface area contributed by atoms with Gasteiger partial charge in [-0.15, -0.1) is 0 Å². The molecule has 0 aliphatic carbocycles. The minimum atomic E-state index is -0.618. The number of ether oxygens (including phenoxy) is 1. The van der Waals surface area contributed by atoms with Crippen molar-refractivity contribution in [3.05, 3.63) is 0 Å². The van der Waals surface area contributed by atoms with E-state index in [0.717, 1.165) is 32.4 Å². The maximum Gasteiger partial charge on any atom is 0.237 e. The number of hydrogen-bond donors (Lipinski definition) is 2. The number of nitrogens with two attached hydrogens (primary N) is 1. The number of likely N-dealkylation sites (N-methyl/N-ethyl adjacent to an activating group) is 1. The quantitative estimate of drug-likeness (QED) is 0.701. The van der Waals surface area contributed by atoms with Gasteiger partial charge in [-0.25, -0.2) is 0 Å². The van der Waals surface area contributed by atoms with E-state index >= 15 is 0 Å². The van der Waals surface area contributed by atoms with Crippen LogP contribution in [0.2, 0.25) is 0 Å². The molecule has 0 saturated carbocycles. The number of nitrogens with zero attached hydrogens (tertiary/aromatic N) is 1. The first kappa shape index (κ1) is 17.4. The van der Waals surface area contributed by atoms with E-state index in [9.17, 15) is 4.79 Å². The van der Waals surface area contributed by atoms with Crippen molar-refractivity contribution in [2.24, 2.45) is 5.73 Å². The third-order valence-electron chi connectivity index (χ3n) is 4.24. The van der Waals surface area contributed by atoms with Crippen molar-refractivity contribution in [3.8, 4) is 0 Å². The van der Waals surface area contributed by atoms with Crippen LogP contribution < -0.4 is 11.1 Å². The summed E-state index contributed by atoms with van der Waals surface area (Å²) >= 11 is 0. The molecule has 20 heavy (non-hydrogen) atoms. The van der Waals surface area contributed by atoms with E-state index in [1.54, 1.807) is 0 Å². The Morgan fingerprint density at radius 2 is 2.20 bits per heavy atom. The number of hydrogen-bond acceptors (Lipinski definition) is 4. The molecule has 1 rings (SSSR count). The SMILES string of the molecule is CC(C)NC(C)(CCCN(C)C1CCOC1C)C(N)=O. The van der Waals surface area contributed by atoms with Crippen LogP contribution in [0.25, 0.3) is 0 Å². The number of amides is 1. The van der Waals surface area contributed by atoms with Crippen molar-refractivity contribution in [1.82, 2.24) is 10.2 Å². The number of rotatable bonds is 8. The monoisotopic (exact) mass is 285 g/mol. The van der Waals surface area contributed by atoms with Gasteiger partial charge < -0.3 is 20.7 Å². The van der Waals surface area contributed by atoms with Crippen LogP contribution in [0.4, 0.5) is 0 Å². The van der Waals surface area contributed by atoms with Gasteiger partial charge in [0.1, 0.15) is 0 Å². The third-order valence-corrected chi connectivity index (χ3v) is 4.24. The van der Waals surface area contributed by atoms with Crippen molar-refractivity contribution >= 4 is 5.91 Å². The van der Waals surface area contributed by atoms with Crippen molar-refractivity contribution in [2.45, 2.75) is 70.7 Å². The van der Waals surface area contributed by atoms with Crippen LogP contribution in [0, 0.1) is 0 Å². The first-order chi connectivity index (χ1) is 9.26. The Kier molecular flexibility index (Phi) is 6.43. The molecule has 0 aromatic heterocycles. The summed E-state index contributed by atoms with van der Waals surface area (Å²) in [4.78, 5) is 14.0. The van der Waals surface area contributed by atoms with Gasteiger partial charge >= 0.3 is 0 Å². The Balaban J connectivity index is 2.42. The highest BCUT2D eigenvalue weighted by molar-refractivity contribution is 5.84. The van der Waals surface area contributed by atoms with Gasteiger partial charge in [-0.2, -0.15) is 0 Å². The van der Waals surface area contributed by atoms with Gasteiger partial charge in [0.15, 0.2) is 0 Å². The Morgan fingerprint density at radius 1 is 1.55 bits per heavy atom. The topological polar surface area (TPSA) is 67.6 Å². The summed E-state index contributed by atoms with van der Waals surface area (Å²) < 4.78 is 5.60. The highest BCUT2D eigenvalue weighted by Crippen LogP contribution is 2.20. The highest BCUT2D eigenvalue weighted by atomic mass is 16.5. The normalized spacial score (nSPS) is 26.1. The van der Waals surface area contributed by atoms with E-state index in [2.05, 4.69) is 24.2 Å². The number of carbonyl (C=O) groups is 1. The minimum absolute atomic E-state index is 0.244. The number of nitrogens with one attached hydrogen (secondary N) is 1. The van der Waals surface area contributed by atoms with E-state index in [-0.39, 0.29) is 11.9 Å².